The lowest BCUT2D eigenvalue weighted by molar-refractivity contribution is -0.127. The van der Waals surface area contributed by atoms with Crippen molar-refractivity contribution in [3.8, 4) is 17.2 Å². The predicted octanol–water partition coefficient (Wildman–Crippen LogP) is 4.39. The molecule has 10 nitrogen and oxygen atoms in total. The van der Waals surface area contributed by atoms with Gasteiger partial charge in [-0.1, -0.05) is 48.7 Å². The van der Waals surface area contributed by atoms with Gasteiger partial charge in [0.05, 0.1) is 12.6 Å². The molecule has 2 amide bonds. The lowest BCUT2D eigenvalue weighted by Gasteiger charge is -2.33. The first-order valence-corrected chi connectivity index (χ1v) is 13.5. The number of carbonyl (C=O) groups excluding carboxylic acids is 2. The van der Waals surface area contributed by atoms with Crippen LogP contribution in [0.1, 0.15) is 43.7 Å². The number of ether oxygens (including phenoxy) is 3. The fourth-order valence-corrected chi connectivity index (χ4v) is 5.47. The van der Waals surface area contributed by atoms with Crippen molar-refractivity contribution in [2.24, 2.45) is 0 Å². The van der Waals surface area contributed by atoms with Gasteiger partial charge in [-0.05, 0) is 54.8 Å². The van der Waals surface area contributed by atoms with E-state index in [1.807, 2.05) is 42.5 Å². The highest BCUT2D eigenvalue weighted by molar-refractivity contribution is 6.02. The molecule has 0 bridgehead atoms. The van der Waals surface area contributed by atoms with Crippen LogP contribution in [0.4, 0.5) is 5.69 Å². The van der Waals surface area contributed by atoms with Gasteiger partial charge in [-0.25, -0.2) is 4.68 Å². The van der Waals surface area contributed by atoms with Crippen LogP contribution in [-0.2, 0) is 16.1 Å². The van der Waals surface area contributed by atoms with E-state index in [0.29, 0.717) is 34.0 Å². The number of nitrogens with one attached hydrogen (secondary N) is 1. The van der Waals surface area contributed by atoms with Crippen LogP contribution in [-0.4, -0.2) is 46.8 Å². The van der Waals surface area contributed by atoms with Gasteiger partial charge in [0.25, 0.3) is 0 Å². The first-order chi connectivity index (χ1) is 19.6. The molecule has 6 rings (SSSR count). The van der Waals surface area contributed by atoms with Crippen molar-refractivity contribution in [1.82, 2.24) is 20.3 Å². The van der Waals surface area contributed by atoms with Gasteiger partial charge in [-0.2, -0.15) is 0 Å². The Bertz CT molecular complexity index is 1530. The van der Waals surface area contributed by atoms with Gasteiger partial charge in [-0.15, -0.1) is 5.10 Å². The average Bonchev–Trinajstić information content (AvgIpc) is 3.63. The number of nitrogens with zero attached hydrogens (tertiary/aromatic N) is 4. The molecule has 2 aliphatic rings. The molecule has 1 unspecified atom stereocenters. The minimum absolute atomic E-state index is 0.0577. The molecule has 1 fully saturated rings. The molecule has 1 saturated carbocycles. The van der Waals surface area contributed by atoms with Crippen LogP contribution in [0, 0.1) is 0 Å². The molecular formula is C30H31N5O5. The van der Waals surface area contributed by atoms with Gasteiger partial charge in [0.1, 0.15) is 23.9 Å². The number of fused-ring (bicyclic) bond motifs is 2. The van der Waals surface area contributed by atoms with Crippen LogP contribution in [0.3, 0.4) is 0 Å². The van der Waals surface area contributed by atoms with Crippen molar-refractivity contribution in [2.75, 3.05) is 18.8 Å². The number of hydrogen-bond donors (Lipinski definition) is 1. The Balaban J connectivity index is 1.43. The standard InChI is InChI=1S/C30H31N5O5/c1-38-23-11-7-8-20(16-23)29(30(37)31-21-9-3-2-4-10-21)35(22-14-15-26-27(17-22)40-19-39-26)28(36)18-34-25-13-6-5-12-24(25)32-33-34/h5-8,11-17,21,29H,2-4,9-10,18-19H2,1H3,(H,31,37). The molecule has 1 N–H and O–H groups in total. The first-order valence-electron chi connectivity index (χ1n) is 13.5. The van der Waals surface area contributed by atoms with Gasteiger partial charge in [0.15, 0.2) is 11.5 Å². The third kappa shape index (κ3) is 5.16. The van der Waals surface area contributed by atoms with Crippen LogP contribution < -0.4 is 24.4 Å². The van der Waals surface area contributed by atoms with E-state index in [2.05, 4.69) is 15.6 Å². The van der Waals surface area contributed by atoms with E-state index in [-0.39, 0.29) is 31.2 Å². The quantitative estimate of drug-likeness (QED) is 0.352. The highest BCUT2D eigenvalue weighted by atomic mass is 16.7. The normalized spacial score (nSPS) is 15.5. The van der Waals surface area contributed by atoms with Crippen LogP contribution in [0.2, 0.25) is 0 Å². The number of anilines is 1. The van der Waals surface area contributed by atoms with E-state index in [4.69, 9.17) is 14.2 Å². The maximum atomic E-state index is 14.3. The van der Waals surface area contributed by atoms with Crippen LogP contribution in [0.25, 0.3) is 11.0 Å². The molecular weight excluding hydrogens is 510 g/mol. The van der Waals surface area contributed by atoms with E-state index >= 15 is 0 Å². The SMILES string of the molecule is COc1cccc(C(C(=O)NC2CCCCC2)N(C(=O)Cn2nnc3ccccc32)c2ccc3c(c2)OCO3)c1. The van der Waals surface area contributed by atoms with Crippen LogP contribution >= 0.6 is 0 Å². The Morgan fingerprint density at radius 3 is 2.70 bits per heavy atom. The van der Waals surface area contributed by atoms with Crippen LogP contribution in [0.15, 0.2) is 66.7 Å². The van der Waals surface area contributed by atoms with Gasteiger partial charge in [-0.3, -0.25) is 14.5 Å². The topological polar surface area (TPSA) is 108 Å². The van der Waals surface area contributed by atoms with E-state index in [1.54, 1.807) is 36.1 Å². The summed E-state index contributed by atoms with van der Waals surface area (Å²) in [7, 11) is 1.58. The summed E-state index contributed by atoms with van der Waals surface area (Å²) in [6, 6.07) is 19.1. The number of amides is 2. The Morgan fingerprint density at radius 2 is 1.85 bits per heavy atom. The van der Waals surface area contributed by atoms with Gasteiger partial charge in [0.2, 0.25) is 18.6 Å². The second kappa shape index (κ2) is 11.3. The summed E-state index contributed by atoms with van der Waals surface area (Å²) in [4.78, 5) is 29.9. The number of benzene rings is 3. The minimum Gasteiger partial charge on any atom is -0.497 e. The molecule has 2 heterocycles. The molecule has 1 aliphatic heterocycles. The van der Waals surface area contributed by atoms with E-state index in [1.165, 1.54) is 11.3 Å². The second-order valence-electron chi connectivity index (χ2n) is 10.1. The van der Waals surface area contributed by atoms with E-state index < -0.39 is 6.04 Å². The van der Waals surface area contributed by atoms with E-state index in [0.717, 1.165) is 31.2 Å². The summed E-state index contributed by atoms with van der Waals surface area (Å²) in [6.07, 6.45) is 5.14. The molecule has 0 radical (unpaired) electrons. The number of rotatable bonds is 8. The number of methoxy groups -OCH3 is 1. The Morgan fingerprint density at radius 1 is 1.02 bits per heavy atom. The zero-order chi connectivity index (χ0) is 27.5. The highest BCUT2D eigenvalue weighted by Crippen LogP contribution is 2.39. The Kier molecular flexibility index (Phi) is 7.22. The summed E-state index contributed by atoms with van der Waals surface area (Å²) in [5.41, 5.74) is 2.54. The number of carbonyl (C=O) groups is 2. The monoisotopic (exact) mass is 541 g/mol. The molecule has 0 spiro atoms. The van der Waals surface area contributed by atoms with Gasteiger partial charge < -0.3 is 19.5 Å². The lowest BCUT2D eigenvalue weighted by Crippen LogP contribution is -2.48. The van der Waals surface area contributed by atoms with Gasteiger partial charge in [0, 0.05) is 17.8 Å². The van der Waals surface area contributed by atoms with Crippen molar-refractivity contribution in [3.63, 3.8) is 0 Å². The van der Waals surface area contributed by atoms with Crippen molar-refractivity contribution < 1.29 is 23.8 Å². The molecule has 3 aromatic carbocycles. The van der Waals surface area contributed by atoms with E-state index in [9.17, 15) is 9.59 Å². The molecule has 0 saturated heterocycles. The molecule has 1 aliphatic carbocycles. The van der Waals surface area contributed by atoms with Crippen molar-refractivity contribution in [3.05, 3.63) is 72.3 Å². The lowest BCUT2D eigenvalue weighted by atomic mass is 9.94. The summed E-state index contributed by atoms with van der Waals surface area (Å²) in [5.74, 6) is 1.10. The number of hydrogen-bond acceptors (Lipinski definition) is 7. The third-order valence-corrected chi connectivity index (χ3v) is 7.48. The maximum absolute atomic E-state index is 14.3. The summed E-state index contributed by atoms with van der Waals surface area (Å²) >= 11 is 0. The Labute approximate surface area is 231 Å². The molecule has 206 valence electrons. The second-order valence-corrected chi connectivity index (χ2v) is 10.1. The number of para-hydroxylation sites is 1. The highest BCUT2D eigenvalue weighted by Gasteiger charge is 2.35. The summed E-state index contributed by atoms with van der Waals surface area (Å²) in [5, 5.41) is 11.7. The fraction of sp³-hybridized carbons (Fsp3) is 0.333. The molecule has 1 atom stereocenters. The maximum Gasteiger partial charge on any atom is 0.249 e. The third-order valence-electron chi connectivity index (χ3n) is 7.48. The van der Waals surface area contributed by atoms with Gasteiger partial charge >= 0.3 is 0 Å². The fourth-order valence-electron chi connectivity index (χ4n) is 5.47. The van der Waals surface area contributed by atoms with Crippen molar-refractivity contribution >= 4 is 28.5 Å². The molecule has 40 heavy (non-hydrogen) atoms. The largest absolute Gasteiger partial charge is 0.497 e. The molecule has 10 heteroatoms. The van der Waals surface area contributed by atoms with Crippen LogP contribution in [0.5, 0.6) is 17.2 Å². The summed E-state index contributed by atoms with van der Waals surface area (Å²) in [6.45, 7) is -0.0225. The zero-order valence-electron chi connectivity index (χ0n) is 22.3. The molecule has 1 aromatic heterocycles. The summed E-state index contributed by atoms with van der Waals surface area (Å²) < 4.78 is 18.2. The van der Waals surface area contributed by atoms with Crippen molar-refractivity contribution in [1.29, 1.82) is 0 Å². The minimum atomic E-state index is -0.973. The zero-order valence-corrected chi connectivity index (χ0v) is 22.3. The Hall–Kier alpha value is -4.60. The predicted molar refractivity (Wildman–Crippen MR) is 148 cm³/mol. The van der Waals surface area contributed by atoms with Crippen molar-refractivity contribution in [2.45, 2.75) is 50.7 Å². The smallest absolute Gasteiger partial charge is 0.249 e. The average molecular weight is 542 g/mol. The molecule has 4 aromatic rings. The number of aromatic nitrogens is 3. The first kappa shape index (κ1) is 25.7.